The summed E-state index contributed by atoms with van der Waals surface area (Å²) in [4.78, 5) is 19.2. The highest BCUT2D eigenvalue weighted by Crippen LogP contribution is 2.54. The molecule has 4 heterocycles. The first-order chi connectivity index (χ1) is 17.9. The SMILES string of the molecule is COC[C@@]1(C)CN(CC2COCCO2)CCN1c1nn(C2CC3(C2)CN(C(=O)OC(C)(C)C)C3)c(C)c1C. The summed E-state index contributed by atoms with van der Waals surface area (Å²) in [6.07, 6.45) is 2.05. The molecule has 4 aliphatic rings. The van der Waals surface area contributed by atoms with Crippen LogP contribution in [0.4, 0.5) is 10.6 Å². The van der Waals surface area contributed by atoms with E-state index in [1.165, 1.54) is 11.3 Å². The van der Waals surface area contributed by atoms with Gasteiger partial charge < -0.3 is 28.7 Å². The van der Waals surface area contributed by atoms with Crippen LogP contribution in [0.25, 0.3) is 0 Å². The van der Waals surface area contributed by atoms with Crippen molar-refractivity contribution < 1.29 is 23.7 Å². The van der Waals surface area contributed by atoms with Crippen LogP contribution < -0.4 is 4.90 Å². The van der Waals surface area contributed by atoms with Crippen LogP contribution in [0.1, 0.15) is 57.8 Å². The summed E-state index contributed by atoms with van der Waals surface area (Å²) in [6.45, 7) is 20.3. The van der Waals surface area contributed by atoms with Crippen molar-refractivity contribution in [2.45, 2.75) is 77.7 Å². The molecule has 1 unspecified atom stereocenters. The van der Waals surface area contributed by atoms with Gasteiger partial charge in [0, 0.05) is 63.1 Å². The molecular formula is C28H47N5O5. The highest BCUT2D eigenvalue weighted by Gasteiger charge is 2.55. The minimum Gasteiger partial charge on any atom is -0.444 e. The number of carbonyl (C=O) groups excluding carboxylic acids is 1. The molecule has 0 radical (unpaired) electrons. The summed E-state index contributed by atoms with van der Waals surface area (Å²) in [5.41, 5.74) is 2.05. The predicted molar refractivity (Wildman–Crippen MR) is 145 cm³/mol. The fourth-order valence-corrected chi connectivity index (χ4v) is 6.83. The van der Waals surface area contributed by atoms with Gasteiger partial charge in [-0.3, -0.25) is 9.58 Å². The first-order valence-corrected chi connectivity index (χ1v) is 14.1. The third-order valence-electron chi connectivity index (χ3n) is 8.73. The number of aromatic nitrogens is 2. The van der Waals surface area contributed by atoms with E-state index >= 15 is 0 Å². The van der Waals surface area contributed by atoms with Crippen molar-refractivity contribution in [2.75, 3.05) is 77.7 Å². The second-order valence-electron chi connectivity index (χ2n) is 13.3. The Morgan fingerprint density at radius 3 is 2.50 bits per heavy atom. The summed E-state index contributed by atoms with van der Waals surface area (Å²) in [5, 5.41) is 5.22. The van der Waals surface area contributed by atoms with E-state index in [4.69, 9.17) is 24.0 Å². The summed E-state index contributed by atoms with van der Waals surface area (Å²) in [7, 11) is 1.78. The van der Waals surface area contributed by atoms with Crippen LogP contribution in [0.5, 0.6) is 0 Å². The lowest BCUT2D eigenvalue weighted by molar-refractivity contribution is -0.100. The van der Waals surface area contributed by atoms with Gasteiger partial charge in [0.25, 0.3) is 0 Å². The lowest BCUT2D eigenvalue weighted by atomic mass is 9.61. The van der Waals surface area contributed by atoms with Crippen LogP contribution in [0.2, 0.25) is 0 Å². The van der Waals surface area contributed by atoms with Crippen LogP contribution in [-0.4, -0.2) is 116 Å². The Hall–Kier alpha value is -1.88. The zero-order valence-electron chi connectivity index (χ0n) is 24.4. The lowest BCUT2D eigenvalue weighted by Crippen LogP contribution is -2.64. The fraction of sp³-hybridized carbons (Fsp3) is 0.857. The monoisotopic (exact) mass is 533 g/mol. The first kappa shape index (κ1) is 27.7. The van der Waals surface area contributed by atoms with E-state index < -0.39 is 5.60 Å². The van der Waals surface area contributed by atoms with Crippen molar-refractivity contribution >= 4 is 11.9 Å². The molecule has 214 valence electrons. The molecule has 10 heteroatoms. The Kier molecular flexibility index (Phi) is 7.47. The molecule has 1 aliphatic carbocycles. The molecule has 10 nitrogen and oxygen atoms in total. The second-order valence-corrected chi connectivity index (χ2v) is 13.3. The Morgan fingerprint density at radius 1 is 1.13 bits per heavy atom. The first-order valence-electron chi connectivity index (χ1n) is 14.1. The number of likely N-dealkylation sites (tertiary alicyclic amines) is 1. The van der Waals surface area contributed by atoms with E-state index in [1.54, 1.807) is 7.11 Å². The van der Waals surface area contributed by atoms with Crippen LogP contribution >= 0.6 is 0 Å². The van der Waals surface area contributed by atoms with Crippen molar-refractivity contribution in [3.63, 3.8) is 0 Å². The molecule has 3 saturated heterocycles. The highest BCUT2D eigenvalue weighted by atomic mass is 16.6. The smallest absolute Gasteiger partial charge is 0.410 e. The summed E-state index contributed by atoms with van der Waals surface area (Å²) in [6, 6.07) is 0.377. The molecular weight excluding hydrogens is 486 g/mol. The van der Waals surface area contributed by atoms with Gasteiger partial charge in [0.05, 0.1) is 44.1 Å². The van der Waals surface area contributed by atoms with E-state index in [0.29, 0.717) is 32.5 Å². The minimum absolute atomic E-state index is 0.133. The van der Waals surface area contributed by atoms with Crippen molar-refractivity contribution in [1.29, 1.82) is 0 Å². The Bertz CT molecular complexity index is 1000. The molecule has 1 spiro atoms. The zero-order valence-corrected chi connectivity index (χ0v) is 24.4. The number of carbonyl (C=O) groups is 1. The van der Waals surface area contributed by atoms with E-state index in [0.717, 1.165) is 57.9 Å². The molecule has 1 amide bonds. The molecule has 0 bridgehead atoms. The van der Waals surface area contributed by atoms with Gasteiger partial charge in [0.2, 0.25) is 0 Å². The van der Waals surface area contributed by atoms with Crippen molar-refractivity contribution in [3.8, 4) is 0 Å². The number of hydrogen-bond donors (Lipinski definition) is 0. The van der Waals surface area contributed by atoms with Crippen LogP contribution in [0, 0.1) is 19.3 Å². The molecule has 4 fully saturated rings. The maximum absolute atomic E-state index is 12.4. The van der Waals surface area contributed by atoms with Crippen molar-refractivity contribution in [2.24, 2.45) is 5.41 Å². The van der Waals surface area contributed by atoms with Crippen LogP contribution in [-0.2, 0) is 18.9 Å². The maximum atomic E-state index is 12.4. The number of rotatable bonds is 6. The molecule has 0 N–H and O–H groups in total. The number of anilines is 1. The van der Waals surface area contributed by atoms with Gasteiger partial charge in [0.15, 0.2) is 5.82 Å². The number of methoxy groups -OCH3 is 1. The summed E-state index contributed by atoms with van der Waals surface area (Å²) in [5.74, 6) is 1.07. The minimum atomic E-state index is -0.455. The van der Waals surface area contributed by atoms with Gasteiger partial charge in [-0.15, -0.1) is 0 Å². The Balaban J connectivity index is 1.23. The van der Waals surface area contributed by atoms with Gasteiger partial charge in [-0.1, -0.05) is 0 Å². The average molecular weight is 534 g/mol. The molecule has 3 aliphatic heterocycles. The quantitative estimate of drug-likeness (QED) is 0.552. The summed E-state index contributed by atoms with van der Waals surface area (Å²) >= 11 is 0. The van der Waals surface area contributed by atoms with Gasteiger partial charge in [0.1, 0.15) is 5.60 Å². The standard InChI is InChI=1S/C28H47N5O5/c1-20-21(2)33(22-12-28(13-22)17-31(18-28)25(34)38-26(3,4)5)29-24(20)32-9-8-30(16-27(32,6)19-35-7)14-23-15-36-10-11-37-23/h22-23H,8-19H2,1-7H3/t23?,27-/m1/s1. The Morgan fingerprint density at radius 2 is 1.87 bits per heavy atom. The van der Waals surface area contributed by atoms with Crippen LogP contribution in [0.3, 0.4) is 0 Å². The molecule has 1 saturated carbocycles. The largest absolute Gasteiger partial charge is 0.444 e. The van der Waals surface area contributed by atoms with Crippen LogP contribution in [0.15, 0.2) is 0 Å². The van der Waals surface area contributed by atoms with E-state index in [9.17, 15) is 4.79 Å². The molecule has 38 heavy (non-hydrogen) atoms. The highest BCUT2D eigenvalue weighted by molar-refractivity contribution is 5.69. The molecule has 1 aromatic rings. The lowest BCUT2D eigenvalue weighted by Gasteiger charge is -2.58. The molecule has 0 aromatic carbocycles. The number of hydrogen-bond acceptors (Lipinski definition) is 8. The number of nitrogens with zero attached hydrogens (tertiary/aromatic N) is 5. The van der Waals surface area contributed by atoms with Gasteiger partial charge in [-0.2, -0.15) is 5.10 Å². The normalized spacial score (nSPS) is 28.3. The Labute approximate surface area is 227 Å². The third kappa shape index (κ3) is 5.42. The second kappa shape index (κ2) is 10.3. The van der Waals surface area contributed by atoms with E-state index in [1.807, 2.05) is 25.7 Å². The number of piperazine rings is 1. The topological polar surface area (TPSA) is 81.5 Å². The molecule has 2 atom stereocenters. The third-order valence-corrected chi connectivity index (χ3v) is 8.73. The maximum Gasteiger partial charge on any atom is 0.410 e. The van der Waals surface area contributed by atoms with Crippen molar-refractivity contribution in [1.82, 2.24) is 19.6 Å². The fourth-order valence-electron chi connectivity index (χ4n) is 6.83. The van der Waals surface area contributed by atoms with Gasteiger partial charge >= 0.3 is 6.09 Å². The molecule has 1 aromatic heterocycles. The zero-order chi connectivity index (χ0) is 27.3. The summed E-state index contributed by atoms with van der Waals surface area (Å²) < 4.78 is 25.1. The average Bonchev–Trinajstić information content (AvgIpc) is 3.06. The predicted octanol–water partition coefficient (Wildman–Crippen LogP) is 3.01. The van der Waals surface area contributed by atoms with Gasteiger partial charge in [-0.05, 0) is 54.4 Å². The number of amides is 1. The van der Waals surface area contributed by atoms with Gasteiger partial charge in [-0.25, -0.2) is 4.79 Å². The van der Waals surface area contributed by atoms with Crippen molar-refractivity contribution in [3.05, 3.63) is 11.3 Å². The van der Waals surface area contributed by atoms with E-state index in [2.05, 4.69) is 35.3 Å². The van der Waals surface area contributed by atoms with E-state index in [-0.39, 0.29) is 23.2 Å². The molecule has 5 rings (SSSR count). The number of ether oxygens (including phenoxy) is 4.